The number of piperazine rings is 1. The number of nitrogens with zero attached hydrogens (tertiary/aromatic N) is 1. The van der Waals surface area contributed by atoms with E-state index in [0.29, 0.717) is 0 Å². The molecule has 1 saturated heterocycles. The van der Waals surface area contributed by atoms with Gasteiger partial charge in [0.25, 0.3) is 0 Å². The van der Waals surface area contributed by atoms with E-state index < -0.39 is 0 Å². The predicted molar refractivity (Wildman–Crippen MR) is 54.9 cm³/mol. The molecule has 0 bridgehead atoms. The van der Waals surface area contributed by atoms with Crippen molar-refractivity contribution >= 4 is 0 Å². The molecular weight excluding hydrogens is 162 g/mol. The average Bonchev–Trinajstić information content (AvgIpc) is 2.67. The van der Waals surface area contributed by atoms with Gasteiger partial charge < -0.3 is 10.6 Å². The van der Waals surface area contributed by atoms with Gasteiger partial charge >= 0.3 is 0 Å². The van der Waals surface area contributed by atoms with E-state index in [2.05, 4.69) is 22.6 Å². The van der Waals surface area contributed by atoms with Crippen LogP contribution in [0.15, 0.2) is 0 Å². The Balaban J connectivity index is 1.80. The second-order valence-electron chi connectivity index (χ2n) is 4.24. The lowest BCUT2D eigenvalue weighted by Crippen LogP contribution is -2.48. The molecule has 1 saturated carbocycles. The number of rotatable bonds is 2. The van der Waals surface area contributed by atoms with Crippen LogP contribution in [0.2, 0.25) is 0 Å². The summed E-state index contributed by atoms with van der Waals surface area (Å²) in [5.41, 5.74) is 0. The van der Waals surface area contributed by atoms with Crippen molar-refractivity contribution in [2.24, 2.45) is 0 Å². The zero-order valence-corrected chi connectivity index (χ0v) is 8.55. The molecule has 76 valence electrons. The molecule has 0 spiro atoms. The molecule has 2 unspecified atom stereocenters. The molecule has 1 aliphatic carbocycles. The van der Waals surface area contributed by atoms with E-state index >= 15 is 0 Å². The summed E-state index contributed by atoms with van der Waals surface area (Å²) in [4.78, 5) is 2.66. The van der Waals surface area contributed by atoms with E-state index in [1.54, 1.807) is 0 Å². The van der Waals surface area contributed by atoms with Crippen LogP contribution in [-0.2, 0) is 0 Å². The fourth-order valence-electron chi connectivity index (χ4n) is 2.60. The molecule has 1 heterocycles. The van der Waals surface area contributed by atoms with Crippen LogP contribution in [0.5, 0.6) is 0 Å². The molecular formula is C10H21N3. The van der Waals surface area contributed by atoms with Crippen molar-refractivity contribution < 1.29 is 0 Å². The Morgan fingerprint density at radius 3 is 2.62 bits per heavy atom. The van der Waals surface area contributed by atoms with Crippen molar-refractivity contribution in [1.82, 2.24) is 15.5 Å². The van der Waals surface area contributed by atoms with Crippen molar-refractivity contribution in [3.05, 3.63) is 0 Å². The number of hydrogen-bond acceptors (Lipinski definition) is 3. The van der Waals surface area contributed by atoms with Crippen molar-refractivity contribution in [3.8, 4) is 0 Å². The highest BCUT2D eigenvalue weighted by atomic mass is 15.2. The van der Waals surface area contributed by atoms with Crippen molar-refractivity contribution in [1.29, 1.82) is 0 Å². The molecule has 2 rings (SSSR count). The zero-order valence-electron chi connectivity index (χ0n) is 8.55. The summed E-state index contributed by atoms with van der Waals surface area (Å²) in [7, 11) is 2.09. The smallest absolute Gasteiger partial charge is 0.0112 e. The first kappa shape index (κ1) is 9.44. The zero-order chi connectivity index (χ0) is 9.10. The van der Waals surface area contributed by atoms with Gasteiger partial charge in [-0.15, -0.1) is 0 Å². The van der Waals surface area contributed by atoms with Gasteiger partial charge in [-0.05, 0) is 26.3 Å². The van der Waals surface area contributed by atoms with Gasteiger partial charge in [0.15, 0.2) is 0 Å². The quantitative estimate of drug-likeness (QED) is 0.632. The lowest BCUT2D eigenvalue weighted by molar-refractivity contribution is 0.173. The SMILES string of the molecule is CNC1CCC(N2CCNCC2)C1. The molecule has 13 heavy (non-hydrogen) atoms. The van der Waals surface area contributed by atoms with Crippen LogP contribution < -0.4 is 10.6 Å². The third kappa shape index (κ3) is 2.22. The van der Waals surface area contributed by atoms with E-state index in [9.17, 15) is 0 Å². The standard InChI is InChI=1S/C10H21N3/c1-11-9-2-3-10(8-9)13-6-4-12-5-7-13/h9-12H,2-8H2,1H3. The molecule has 0 aromatic carbocycles. The van der Waals surface area contributed by atoms with E-state index in [1.165, 1.54) is 45.4 Å². The Morgan fingerprint density at radius 1 is 1.23 bits per heavy atom. The van der Waals surface area contributed by atoms with Gasteiger partial charge in [-0.2, -0.15) is 0 Å². The first-order valence-corrected chi connectivity index (χ1v) is 5.52. The Hall–Kier alpha value is -0.120. The van der Waals surface area contributed by atoms with Crippen LogP contribution >= 0.6 is 0 Å². The van der Waals surface area contributed by atoms with Crippen LogP contribution in [0.25, 0.3) is 0 Å². The number of hydrogen-bond donors (Lipinski definition) is 2. The van der Waals surface area contributed by atoms with Crippen molar-refractivity contribution in [2.75, 3.05) is 33.2 Å². The molecule has 0 aromatic heterocycles. The summed E-state index contributed by atoms with van der Waals surface area (Å²) < 4.78 is 0. The second kappa shape index (κ2) is 4.40. The first-order valence-electron chi connectivity index (χ1n) is 5.52. The molecule has 2 fully saturated rings. The largest absolute Gasteiger partial charge is 0.317 e. The fraction of sp³-hybridized carbons (Fsp3) is 1.00. The van der Waals surface area contributed by atoms with Crippen molar-refractivity contribution in [2.45, 2.75) is 31.3 Å². The van der Waals surface area contributed by atoms with E-state index in [0.717, 1.165) is 12.1 Å². The van der Waals surface area contributed by atoms with Crippen LogP contribution in [0, 0.1) is 0 Å². The summed E-state index contributed by atoms with van der Waals surface area (Å²) in [5.74, 6) is 0. The van der Waals surface area contributed by atoms with Gasteiger partial charge in [0.2, 0.25) is 0 Å². The lowest BCUT2D eigenvalue weighted by atomic mass is 10.2. The summed E-state index contributed by atoms with van der Waals surface area (Å²) >= 11 is 0. The lowest BCUT2D eigenvalue weighted by Gasteiger charge is -2.32. The molecule has 2 aliphatic rings. The van der Waals surface area contributed by atoms with Gasteiger partial charge in [0, 0.05) is 38.3 Å². The van der Waals surface area contributed by atoms with Crippen LogP contribution in [0.3, 0.4) is 0 Å². The van der Waals surface area contributed by atoms with Crippen LogP contribution in [0.4, 0.5) is 0 Å². The fourth-order valence-corrected chi connectivity index (χ4v) is 2.60. The summed E-state index contributed by atoms with van der Waals surface area (Å²) in [6.07, 6.45) is 4.12. The third-order valence-electron chi connectivity index (χ3n) is 3.48. The minimum atomic E-state index is 0.778. The highest BCUT2D eigenvalue weighted by molar-refractivity contribution is 4.87. The van der Waals surface area contributed by atoms with Gasteiger partial charge in [0.05, 0.1) is 0 Å². The molecule has 3 nitrogen and oxygen atoms in total. The van der Waals surface area contributed by atoms with Gasteiger partial charge in [-0.1, -0.05) is 0 Å². The van der Waals surface area contributed by atoms with Gasteiger partial charge in [-0.25, -0.2) is 0 Å². The van der Waals surface area contributed by atoms with Gasteiger partial charge in [0.1, 0.15) is 0 Å². The molecule has 0 amide bonds. The monoisotopic (exact) mass is 183 g/mol. The summed E-state index contributed by atoms with van der Waals surface area (Å²) in [6.45, 7) is 4.86. The maximum absolute atomic E-state index is 3.41. The van der Waals surface area contributed by atoms with Crippen LogP contribution in [-0.4, -0.2) is 50.2 Å². The molecule has 2 atom stereocenters. The Morgan fingerprint density at radius 2 is 2.00 bits per heavy atom. The Bertz CT molecular complexity index is 154. The van der Waals surface area contributed by atoms with Crippen molar-refractivity contribution in [3.63, 3.8) is 0 Å². The van der Waals surface area contributed by atoms with Crippen LogP contribution in [0.1, 0.15) is 19.3 Å². The maximum Gasteiger partial charge on any atom is 0.0112 e. The first-order chi connectivity index (χ1) is 6.40. The molecule has 1 aliphatic heterocycles. The molecule has 0 radical (unpaired) electrons. The highest BCUT2D eigenvalue weighted by Gasteiger charge is 2.28. The summed E-state index contributed by atoms with van der Waals surface area (Å²) in [5, 5.41) is 6.80. The highest BCUT2D eigenvalue weighted by Crippen LogP contribution is 2.23. The molecule has 0 aromatic rings. The van der Waals surface area contributed by atoms with Gasteiger partial charge in [-0.3, -0.25) is 4.90 Å². The normalized spacial score (nSPS) is 36.7. The maximum atomic E-state index is 3.41. The second-order valence-corrected chi connectivity index (χ2v) is 4.24. The van der Waals surface area contributed by atoms with E-state index in [4.69, 9.17) is 0 Å². The minimum Gasteiger partial charge on any atom is -0.317 e. The number of nitrogens with one attached hydrogen (secondary N) is 2. The Kier molecular flexibility index (Phi) is 3.19. The van der Waals surface area contributed by atoms with E-state index in [-0.39, 0.29) is 0 Å². The topological polar surface area (TPSA) is 27.3 Å². The third-order valence-corrected chi connectivity index (χ3v) is 3.48. The minimum absolute atomic E-state index is 0.778. The average molecular weight is 183 g/mol. The predicted octanol–water partition coefficient (Wildman–Crippen LogP) is 0.0321. The summed E-state index contributed by atoms with van der Waals surface area (Å²) in [6, 6.07) is 1.64. The molecule has 2 N–H and O–H groups in total. The Labute approximate surface area is 80.9 Å². The molecule has 3 heteroatoms. The van der Waals surface area contributed by atoms with E-state index in [1.807, 2.05) is 0 Å².